The Kier molecular flexibility index (Phi) is 9.35. The van der Waals surface area contributed by atoms with Gasteiger partial charge in [0.25, 0.3) is 5.91 Å². The van der Waals surface area contributed by atoms with E-state index in [1.54, 1.807) is 26.0 Å². The maximum atomic E-state index is 12.9. The van der Waals surface area contributed by atoms with E-state index in [1.165, 1.54) is 13.0 Å². The van der Waals surface area contributed by atoms with Gasteiger partial charge in [0.15, 0.2) is 5.01 Å². The molecule has 12 heteroatoms. The third-order valence-electron chi connectivity index (χ3n) is 4.21. The lowest BCUT2D eigenvalue weighted by Gasteiger charge is -2.19. The van der Waals surface area contributed by atoms with Gasteiger partial charge in [-0.2, -0.15) is 13.2 Å². The molecule has 1 unspecified atom stereocenters. The van der Waals surface area contributed by atoms with Crippen LogP contribution in [0.1, 0.15) is 47.4 Å². The van der Waals surface area contributed by atoms with Crippen LogP contribution in [-0.2, 0) is 43.0 Å². The minimum atomic E-state index is -4.62. The summed E-state index contributed by atoms with van der Waals surface area (Å²) in [5, 5.41) is 2.56. The number of carbonyl (C=O) groups is 3. The second-order valence-electron chi connectivity index (χ2n) is 6.49. The van der Waals surface area contributed by atoms with E-state index >= 15 is 0 Å². The number of nitrogens with zero attached hydrogens (tertiary/aromatic N) is 1. The monoisotopic (exact) mass is 488 g/mol. The molecule has 1 aromatic carbocycles. The fourth-order valence-corrected chi connectivity index (χ4v) is 3.42. The first-order chi connectivity index (χ1) is 15.6. The molecule has 8 nitrogen and oxygen atoms in total. The van der Waals surface area contributed by atoms with Gasteiger partial charge in [0.1, 0.15) is 0 Å². The Morgan fingerprint density at radius 1 is 1.12 bits per heavy atom. The molecule has 0 fully saturated rings. The van der Waals surface area contributed by atoms with Crippen molar-refractivity contribution in [1.82, 2.24) is 4.98 Å². The van der Waals surface area contributed by atoms with Gasteiger partial charge >= 0.3 is 18.1 Å². The highest BCUT2D eigenvalue weighted by atomic mass is 32.1. The van der Waals surface area contributed by atoms with Gasteiger partial charge in [-0.1, -0.05) is 19.1 Å². The van der Waals surface area contributed by atoms with Crippen LogP contribution in [0.4, 0.5) is 18.9 Å². The molecule has 180 valence electrons. The standard InChI is InChI=1S/C21H23F3N2O6S/c1-4-12-8-7-9-14(18(28)30-5-2)15(12)26-17(27)16(19(29)31-6-3)32-10-13-11-33-20(25-13)21(22,23)24/h7-9,11,16H,4-6,10H2,1-3H3,(H,26,27). The normalized spacial score (nSPS) is 12.2. The molecule has 0 spiro atoms. The van der Waals surface area contributed by atoms with E-state index in [0.717, 1.165) is 5.38 Å². The molecule has 0 saturated heterocycles. The number of esters is 2. The van der Waals surface area contributed by atoms with Gasteiger partial charge in [-0.05, 0) is 31.9 Å². The van der Waals surface area contributed by atoms with Crippen molar-refractivity contribution in [2.75, 3.05) is 18.5 Å². The second kappa shape index (κ2) is 11.8. The number of hydrogen-bond donors (Lipinski definition) is 1. The summed E-state index contributed by atoms with van der Waals surface area (Å²) in [5.41, 5.74) is 0.734. The van der Waals surface area contributed by atoms with E-state index in [2.05, 4.69) is 10.3 Å². The number of halogens is 3. The van der Waals surface area contributed by atoms with Gasteiger partial charge in [0, 0.05) is 5.38 Å². The molecule has 2 aromatic rings. The topological polar surface area (TPSA) is 104 Å². The van der Waals surface area contributed by atoms with Gasteiger partial charge in [-0.25, -0.2) is 14.6 Å². The lowest BCUT2D eigenvalue weighted by atomic mass is 10.0. The Hall–Kier alpha value is -2.99. The first-order valence-electron chi connectivity index (χ1n) is 10.0. The fraction of sp³-hybridized carbons (Fsp3) is 0.429. The Balaban J connectivity index is 2.27. The third-order valence-corrected chi connectivity index (χ3v) is 5.14. The van der Waals surface area contributed by atoms with E-state index < -0.39 is 41.7 Å². The molecule has 1 aromatic heterocycles. The molecule has 2 rings (SSSR count). The number of rotatable bonds is 10. The van der Waals surface area contributed by atoms with Crippen molar-refractivity contribution >= 4 is 34.9 Å². The highest BCUT2D eigenvalue weighted by molar-refractivity contribution is 7.09. The van der Waals surface area contributed by atoms with Crippen LogP contribution in [0.5, 0.6) is 0 Å². The molecular weight excluding hydrogens is 465 g/mol. The average molecular weight is 488 g/mol. The Morgan fingerprint density at radius 2 is 1.82 bits per heavy atom. The number of anilines is 1. The molecule has 1 N–H and O–H groups in total. The largest absolute Gasteiger partial charge is 0.464 e. The molecule has 1 amide bonds. The van der Waals surface area contributed by atoms with Crippen molar-refractivity contribution in [3.63, 3.8) is 0 Å². The Bertz CT molecular complexity index is 993. The summed E-state index contributed by atoms with van der Waals surface area (Å²) < 4.78 is 53.5. The molecule has 1 heterocycles. The highest BCUT2D eigenvalue weighted by Gasteiger charge is 2.35. The van der Waals surface area contributed by atoms with Crippen LogP contribution in [0, 0.1) is 0 Å². The molecular formula is C21H23F3N2O6S. The predicted molar refractivity (Wildman–Crippen MR) is 113 cm³/mol. The zero-order valence-electron chi connectivity index (χ0n) is 18.2. The molecule has 0 aliphatic carbocycles. The van der Waals surface area contributed by atoms with E-state index in [-0.39, 0.29) is 30.2 Å². The zero-order chi connectivity index (χ0) is 24.6. The number of nitrogens with one attached hydrogen (secondary N) is 1. The lowest BCUT2D eigenvalue weighted by molar-refractivity contribution is -0.161. The molecule has 0 saturated carbocycles. The van der Waals surface area contributed by atoms with E-state index in [9.17, 15) is 27.6 Å². The summed E-state index contributed by atoms with van der Waals surface area (Å²) >= 11 is 0.368. The van der Waals surface area contributed by atoms with Gasteiger partial charge in [-0.15, -0.1) is 11.3 Å². The van der Waals surface area contributed by atoms with Crippen molar-refractivity contribution < 1.29 is 41.8 Å². The van der Waals surface area contributed by atoms with Crippen molar-refractivity contribution in [2.45, 2.75) is 46.1 Å². The predicted octanol–water partition coefficient (Wildman–Crippen LogP) is 3.99. The number of hydrogen-bond acceptors (Lipinski definition) is 8. The van der Waals surface area contributed by atoms with Crippen molar-refractivity contribution in [1.29, 1.82) is 0 Å². The van der Waals surface area contributed by atoms with Gasteiger partial charge in [0.2, 0.25) is 6.10 Å². The zero-order valence-corrected chi connectivity index (χ0v) is 19.0. The number of aryl methyl sites for hydroxylation is 1. The van der Waals surface area contributed by atoms with Crippen LogP contribution in [0.2, 0.25) is 0 Å². The van der Waals surface area contributed by atoms with Crippen molar-refractivity contribution in [2.24, 2.45) is 0 Å². The first kappa shape index (κ1) is 26.3. The van der Waals surface area contributed by atoms with Crippen LogP contribution in [0.3, 0.4) is 0 Å². The molecule has 0 radical (unpaired) electrons. The summed E-state index contributed by atoms with van der Waals surface area (Å²) in [6.07, 6.45) is -5.97. The molecule has 33 heavy (non-hydrogen) atoms. The maximum Gasteiger partial charge on any atom is 0.443 e. The Labute approximate surface area is 192 Å². The number of para-hydroxylation sites is 1. The number of alkyl halides is 3. The van der Waals surface area contributed by atoms with Crippen molar-refractivity contribution in [3.8, 4) is 0 Å². The minimum Gasteiger partial charge on any atom is -0.464 e. The summed E-state index contributed by atoms with van der Waals surface area (Å²) in [4.78, 5) is 41.0. The Morgan fingerprint density at radius 3 is 2.39 bits per heavy atom. The maximum absolute atomic E-state index is 12.9. The van der Waals surface area contributed by atoms with Crippen LogP contribution in [0.25, 0.3) is 0 Å². The quantitative estimate of drug-likeness (QED) is 0.398. The third kappa shape index (κ3) is 6.99. The lowest BCUT2D eigenvalue weighted by Crippen LogP contribution is -2.39. The molecule has 0 aliphatic heterocycles. The van der Waals surface area contributed by atoms with Gasteiger partial charge in [0.05, 0.1) is 36.8 Å². The number of carbonyl (C=O) groups excluding carboxylic acids is 3. The first-order valence-corrected chi connectivity index (χ1v) is 10.9. The molecule has 0 aliphatic rings. The van der Waals surface area contributed by atoms with Gasteiger partial charge < -0.3 is 19.5 Å². The number of ether oxygens (including phenoxy) is 3. The number of aromatic nitrogens is 1. The van der Waals surface area contributed by atoms with Crippen LogP contribution in [-0.4, -0.2) is 42.1 Å². The summed E-state index contributed by atoms with van der Waals surface area (Å²) in [6, 6.07) is 4.77. The number of thiazole rings is 1. The number of amides is 1. The van der Waals surface area contributed by atoms with Crippen molar-refractivity contribution in [3.05, 3.63) is 45.4 Å². The number of benzene rings is 1. The van der Waals surface area contributed by atoms with E-state index in [4.69, 9.17) is 14.2 Å². The summed E-state index contributed by atoms with van der Waals surface area (Å²) in [6.45, 7) is 4.48. The molecule has 1 atom stereocenters. The fourth-order valence-electron chi connectivity index (χ4n) is 2.75. The van der Waals surface area contributed by atoms with Crippen LogP contribution < -0.4 is 5.32 Å². The van der Waals surface area contributed by atoms with E-state index in [0.29, 0.717) is 23.3 Å². The second-order valence-corrected chi connectivity index (χ2v) is 7.35. The van der Waals surface area contributed by atoms with Crippen LogP contribution in [0.15, 0.2) is 23.6 Å². The smallest absolute Gasteiger partial charge is 0.443 e. The van der Waals surface area contributed by atoms with Crippen LogP contribution >= 0.6 is 11.3 Å². The summed E-state index contributed by atoms with van der Waals surface area (Å²) in [7, 11) is 0. The SMILES string of the molecule is CCOC(=O)c1cccc(CC)c1NC(=O)C(OCc1csc(C(F)(F)F)n1)C(=O)OCC. The minimum absolute atomic E-state index is 0.0550. The molecule has 0 bridgehead atoms. The summed E-state index contributed by atoms with van der Waals surface area (Å²) in [5.74, 6) is -2.65. The van der Waals surface area contributed by atoms with E-state index in [1.807, 2.05) is 0 Å². The highest BCUT2D eigenvalue weighted by Crippen LogP contribution is 2.32. The van der Waals surface area contributed by atoms with Gasteiger partial charge in [-0.3, -0.25) is 4.79 Å². The average Bonchev–Trinajstić information content (AvgIpc) is 3.24.